The Labute approximate surface area is 121 Å². The first-order chi connectivity index (χ1) is 8.84. The number of benzene rings is 1. The molecule has 6 heteroatoms. The van der Waals surface area contributed by atoms with E-state index in [4.69, 9.17) is 37.4 Å². The molecule has 4 nitrogen and oxygen atoms in total. The van der Waals surface area contributed by atoms with E-state index in [0.717, 1.165) is 0 Å². The minimum Gasteiger partial charge on any atom is -0.467 e. The Bertz CT molecular complexity index is 501. The molecule has 0 N–H and O–H groups in total. The van der Waals surface area contributed by atoms with Crippen LogP contribution < -0.4 is 0 Å². The van der Waals surface area contributed by atoms with Crippen LogP contribution in [0.25, 0.3) is 0 Å². The van der Waals surface area contributed by atoms with Crippen LogP contribution >= 0.6 is 23.2 Å². The number of ether oxygens (including phenoxy) is 3. The summed E-state index contributed by atoms with van der Waals surface area (Å²) in [6, 6.07) is 5.00. The average molecular weight is 305 g/mol. The number of halogens is 2. The predicted octanol–water partition coefficient (Wildman–Crippen LogP) is 3.36. The van der Waals surface area contributed by atoms with Crippen molar-refractivity contribution in [3.05, 3.63) is 33.8 Å². The van der Waals surface area contributed by atoms with Crippen LogP contribution in [-0.2, 0) is 19.0 Å². The molecular formula is C13H14Cl2O4. The minimum absolute atomic E-state index is 0.424. The second kappa shape index (κ2) is 5.29. The van der Waals surface area contributed by atoms with Crippen LogP contribution in [0.15, 0.2) is 18.2 Å². The molecule has 0 saturated carbocycles. The van der Waals surface area contributed by atoms with E-state index in [1.165, 1.54) is 7.11 Å². The van der Waals surface area contributed by atoms with Crippen molar-refractivity contribution in [1.82, 2.24) is 0 Å². The highest BCUT2D eigenvalue weighted by Crippen LogP contribution is 2.41. The van der Waals surface area contributed by atoms with Gasteiger partial charge in [0.2, 0.25) is 0 Å². The lowest BCUT2D eigenvalue weighted by atomic mass is 10.0. The van der Waals surface area contributed by atoms with Crippen molar-refractivity contribution in [3.63, 3.8) is 0 Å². The van der Waals surface area contributed by atoms with Gasteiger partial charge in [0.1, 0.15) is 6.10 Å². The molecule has 1 aliphatic rings. The molecule has 2 unspecified atom stereocenters. The van der Waals surface area contributed by atoms with Gasteiger partial charge in [0.25, 0.3) is 0 Å². The Hall–Kier alpha value is -0.810. The molecule has 1 aromatic rings. The van der Waals surface area contributed by atoms with Crippen LogP contribution in [0.2, 0.25) is 10.0 Å². The molecule has 1 fully saturated rings. The average Bonchev–Trinajstić information content (AvgIpc) is 2.64. The molecule has 1 aliphatic heterocycles. The fourth-order valence-electron chi connectivity index (χ4n) is 2.01. The van der Waals surface area contributed by atoms with Gasteiger partial charge in [-0.05, 0) is 26.0 Å². The SMILES string of the molecule is COC(=O)C1OC(C)(C)OC1c1ccc(Cl)cc1Cl. The predicted molar refractivity (Wildman–Crippen MR) is 71.3 cm³/mol. The Morgan fingerprint density at radius 2 is 2.00 bits per heavy atom. The van der Waals surface area contributed by atoms with Gasteiger partial charge in [0.05, 0.1) is 7.11 Å². The highest BCUT2D eigenvalue weighted by molar-refractivity contribution is 6.35. The topological polar surface area (TPSA) is 44.8 Å². The minimum atomic E-state index is -0.882. The molecule has 2 rings (SSSR count). The molecule has 2 atom stereocenters. The maximum atomic E-state index is 11.8. The Morgan fingerprint density at radius 3 is 2.58 bits per heavy atom. The van der Waals surface area contributed by atoms with Crippen molar-refractivity contribution in [2.24, 2.45) is 0 Å². The van der Waals surface area contributed by atoms with Crippen LogP contribution in [0.5, 0.6) is 0 Å². The molecule has 19 heavy (non-hydrogen) atoms. The first kappa shape index (κ1) is 14.6. The van der Waals surface area contributed by atoms with E-state index in [9.17, 15) is 4.79 Å². The summed E-state index contributed by atoms with van der Waals surface area (Å²) in [4.78, 5) is 11.8. The van der Waals surface area contributed by atoms with Crippen molar-refractivity contribution in [2.45, 2.75) is 31.8 Å². The van der Waals surface area contributed by atoms with Crippen molar-refractivity contribution >= 4 is 29.2 Å². The van der Waals surface area contributed by atoms with Crippen LogP contribution in [0.3, 0.4) is 0 Å². The smallest absolute Gasteiger partial charge is 0.338 e. The first-order valence-corrected chi connectivity index (χ1v) is 6.48. The molecule has 1 saturated heterocycles. The molecule has 0 radical (unpaired) electrons. The van der Waals surface area contributed by atoms with Gasteiger partial charge in [-0.3, -0.25) is 0 Å². The van der Waals surface area contributed by atoms with Gasteiger partial charge in [0, 0.05) is 15.6 Å². The summed E-state index contributed by atoms with van der Waals surface area (Å²) in [5, 5.41) is 0.939. The fourth-order valence-corrected chi connectivity index (χ4v) is 2.53. The Kier molecular flexibility index (Phi) is 4.06. The number of esters is 1. The van der Waals surface area contributed by atoms with Crippen LogP contribution in [0.1, 0.15) is 25.5 Å². The zero-order valence-corrected chi connectivity index (χ0v) is 12.3. The number of carbonyl (C=O) groups is 1. The first-order valence-electron chi connectivity index (χ1n) is 5.72. The third kappa shape index (κ3) is 3.03. The normalized spacial score (nSPS) is 25.3. The number of hydrogen-bond donors (Lipinski definition) is 0. The summed E-state index contributed by atoms with van der Waals surface area (Å²) in [5.41, 5.74) is 0.645. The summed E-state index contributed by atoms with van der Waals surface area (Å²) in [7, 11) is 1.30. The van der Waals surface area contributed by atoms with Gasteiger partial charge in [-0.25, -0.2) is 4.79 Å². The zero-order chi connectivity index (χ0) is 14.2. The zero-order valence-electron chi connectivity index (χ0n) is 10.8. The lowest BCUT2D eigenvalue weighted by molar-refractivity contribution is -0.168. The summed E-state index contributed by atoms with van der Waals surface area (Å²) >= 11 is 12.0. The van der Waals surface area contributed by atoms with Crippen molar-refractivity contribution in [2.75, 3.05) is 7.11 Å². The summed E-state index contributed by atoms with van der Waals surface area (Å²) in [6.45, 7) is 3.46. The van der Waals surface area contributed by atoms with Crippen molar-refractivity contribution < 1.29 is 19.0 Å². The molecule has 0 spiro atoms. The molecule has 0 aliphatic carbocycles. The van der Waals surface area contributed by atoms with Crippen LogP contribution in [0, 0.1) is 0 Å². The third-order valence-electron chi connectivity index (χ3n) is 2.80. The van der Waals surface area contributed by atoms with Crippen LogP contribution in [-0.4, -0.2) is 25.0 Å². The summed E-state index contributed by atoms with van der Waals surface area (Å²) < 4.78 is 16.0. The number of methoxy groups -OCH3 is 1. The van der Waals surface area contributed by atoms with E-state index >= 15 is 0 Å². The van der Waals surface area contributed by atoms with E-state index in [1.54, 1.807) is 32.0 Å². The van der Waals surface area contributed by atoms with Crippen LogP contribution in [0.4, 0.5) is 0 Å². The number of carbonyl (C=O) groups excluding carboxylic acids is 1. The van der Waals surface area contributed by atoms with E-state index in [-0.39, 0.29) is 0 Å². The fraction of sp³-hybridized carbons (Fsp3) is 0.462. The quantitative estimate of drug-likeness (QED) is 0.786. The van der Waals surface area contributed by atoms with Gasteiger partial charge < -0.3 is 14.2 Å². The Morgan fingerprint density at radius 1 is 1.32 bits per heavy atom. The number of rotatable bonds is 2. The second-order valence-corrected chi connectivity index (χ2v) is 5.51. The standard InChI is InChI=1S/C13H14Cl2O4/c1-13(2)18-10(11(19-13)12(16)17-3)8-5-4-7(14)6-9(8)15/h4-6,10-11H,1-3H3. The lowest BCUT2D eigenvalue weighted by Crippen LogP contribution is -2.29. The van der Waals surface area contributed by atoms with Crippen molar-refractivity contribution in [3.8, 4) is 0 Å². The van der Waals surface area contributed by atoms with Crippen molar-refractivity contribution in [1.29, 1.82) is 0 Å². The summed E-state index contributed by atoms with van der Waals surface area (Å²) in [5.74, 6) is -1.38. The lowest BCUT2D eigenvalue weighted by Gasteiger charge is -2.17. The number of hydrogen-bond acceptors (Lipinski definition) is 4. The second-order valence-electron chi connectivity index (χ2n) is 4.67. The van der Waals surface area contributed by atoms with Gasteiger partial charge in [-0.2, -0.15) is 0 Å². The van der Waals surface area contributed by atoms with Gasteiger partial charge in [-0.15, -0.1) is 0 Å². The monoisotopic (exact) mass is 304 g/mol. The van der Waals surface area contributed by atoms with E-state index in [1.807, 2.05) is 0 Å². The maximum absolute atomic E-state index is 11.8. The van der Waals surface area contributed by atoms with E-state index in [2.05, 4.69) is 0 Å². The highest BCUT2D eigenvalue weighted by Gasteiger charge is 2.47. The largest absolute Gasteiger partial charge is 0.467 e. The van der Waals surface area contributed by atoms with Gasteiger partial charge in [0.15, 0.2) is 11.9 Å². The molecule has 104 valence electrons. The van der Waals surface area contributed by atoms with E-state index < -0.39 is 24.0 Å². The molecule has 1 heterocycles. The van der Waals surface area contributed by atoms with Gasteiger partial charge in [-0.1, -0.05) is 29.3 Å². The summed E-state index contributed by atoms with van der Waals surface area (Å²) in [6.07, 6.45) is -1.47. The molecule has 0 aromatic heterocycles. The highest BCUT2D eigenvalue weighted by atomic mass is 35.5. The Balaban J connectivity index is 2.37. The molecule has 0 bridgehead atoms. The third-order valence-corrected chi connectivity index (χ3v) is 3.36. The molecule has 1 aromatic carbocycles. The van der Waals surface area contributed by atoms with Gasteiger partial charge >= 0.3 is 5.97 Å². The molecular weight excluding hydrogens is 291 g/mol. The maximum Gasteiger partial charge on any atom is 0.338 e. The molecule has 0 amide bonds. The van der Waals surface area contributed by atoms with E-state index in [0.29, 0.717) is 15.6 Å².